The summed E-state index contributed by atoms with van der Waals surface area (Å²) in [6, 6.07) is 18.5. The summed E-state index contributed by atoms with van der Waals surface area (Å²) in [7, 11) is 0. The molecule has 2 heterocycles. The maximum atomic E-state index is 4.94. The number of nitrogens with zero attached hydrogens (tertiary/aromatic N) is 4. The summed E-state index contributed by atoms with van der Waals surface area (Å²) >= 11 is 0. The van der Waals surface area contributed by atoms with Crippen LogP contribution in [0.25, 0.3) is 11.4 Å². The van der Waals surface area contributed by atoms with Crippen LogP contribution < -0.4 is 5.32 Å². The molecule has 1 aliphatic rings. The molecular formula is C22H27IN6. The Morgan fingerprint density at radius 2 is 1.86 bits per heavy atom. The molecule has 2 aromatic carbocycles. The van der Waals surface area contributed by atoms with Gasteiger partial charge in [0.15, 0.2) is 11.8 Å². The van der Waals surface area contributed by atoms with Crippen molar-refractivity contribution in [1.29, 1.82) is 0 Å². The van der Waals surface area contributed by atoms with Crippen molar-refractivity contribution < 1.29 is 0 Å². The average Bonchev–Trinajstić information content (AvgIpc) is 3.19. The first-order valence-corrected chi connectivity index (χ1v) is 9.88. The molecule has 1 fully saturated rings. The molecule has 0 amide bonds. The van der Waals surface area contributed by atoms with Gasteiger partial charge >= 0.3 is 0 Å². The number of aromatic amines is 1. The van der Waals surface area contributed by atoms with E-state index in [0.717, 1.165) is 47.5 Å². The second-order valence-electron chi connectivity index (χ2n) is 7.12. The van der Waals surface area contributed by atoms with Crippen molar-refractivity contribution in [2.45, 2.75) is 32.7 Å². The van der Waals surface area contributed by atoms with Gasteiger partial charge in [-0.2, -0.15) is 5.10 Å². The van der Waals surface area contributed by atoms with Crippen LogP contribution in [0, 0.1) is 6.92 Å². The van der Waals surface area contributed by atoms with E-state index in [0.29, 0.717) is 6.54 Å². The molecule has 0 aliphatic carbocycles. The molecule has 0 bridgehead atoms. The fourth-order valence-corrected chi connectivity index (χ4v) is 3.42. The average molecular weight is 502 g/mol. The minimum Gasteiger partial charge on any atom is -0.343 e. The summed E-state index contributed by atoms with van der Waals surface area (Å²) in [5, 5.41) is 10.7. The van der Waals surface area contributed by atoms with Gasteiger partial charge in [0.05, 0.1) is 6.54 Å². The highest BCUT2D eigenvalue weighted by Crippen LogP contribution is 2.18. The van der Waals surface area contributed by atoms with Gasteiger partial charge < -0.3 is 10.2 Å². The van der Waals surface area contributed by atoms with E-state index in [1.165, 1.54) is 19.3 Å². The Kier molecular flexibility index (Phi) is 7.62. The second-order valence-corrected chi connectivity index (χ2v) is 7.12. The Morgan fingerprint density at radius 1 is 1.07 bits per heavy atom. The number of aliphatic imine (C=N–C) groups is 1. The second kappa shape index (κ2) is 10.4. The van der Waals surface area contributed by atoms with Crippen molar-refractivity contribution in [2.24, 2.45) is 4.99 Å². The van der Waals surface area contributed by atoms with Gasteiger partial charge in [0.1, 0.15) is 5.82 Å². The molecule has 0 radical (unpaired) electrons. The first-order valence-electron chi connectivity index (χ1n) is 9.88. The van der Waals surface area contributed by atoms with E-state index in [2.05, 4.69) is 49.7 Å². The zero-order chi connectivity index (χ0) is 19.2. The number of piperidine rings is 1. The number of hydrogen-bond acceptors (Lipinski definition) is 3. The Morgan fingerprint density at radius 3 is 2.59 bits per heavy atom. The van der Waals surface area contributed by atoms with Crippen LogP contribution in [-0.4, -0.2) is 39.1 Å². The highest BCUT2D eigenvalue weighted by molar-refractivity contribution is 14.0. The lowest BCUT2D eigenvalue weighted by atomic mass is 10.1. The standard InChI is InChI=1S/C22H26N6.HI/c1-17-24-21(27-26-17)19-10-8-9-18(15-19)16-23-22(28-13-6-3-7-14-28)25-20-11-4-2-5-12-20;/h2,4-5,8-12,15H,3,6-7,13-14,16H2,1H3,(H,23,25)(H,24,26,27);1H. The van der Waals surface area contributed by atoms with Crippen LogP contribution in [0.15, 0.2) is 59.6 Å². The molecule has 3 aromatic rings. The first-order chi connectivity index (χ1) is 13.8. The maximum Gasteiger partial charge on any atom is 0.198 e. The van der Waals surface area contributed by atoms with Gasteiger partial charge in [-0.25, -0.2) is 9.98 Å². The lowest BCUT2D eigenvalue weighted by Gasteiger charge is -2.30. The third-order valence-corrected chi connectivity index (χ3v) is 4.88. The highest BCUT2D eigenvalue weighted by atomic mass is 127. The summed E-state index contributed by atoms with van der Waals surface area (Å²) in [5.74, 6) is 2.49. The number of guanidine groups is 1. The lowest BCUT2D eigenvalue weighted by molar-refractivity contribution is 0.340. The van der Waals surface area contributed by atoms with Gasteiger partial charge in [-0.3, -0.25) is 5.10 Å². The lowest BCUT2D eigenvalue weighted by Crippen LogP contribution is -2.40. The van der Waals surface area contributed by atoms with Crippen LogP contribution in [0.1, 0.15) is 30.7 Å². The molecule has 152 valence electrons. The molecule has 6 nitrogen and oxygen atoms in total. The van der Waals surface area contributed by atoms with E-state index < -0.39 is 0 Å². The van der Waals surface area contributed by atoms with Crippen molar-refractivity contribution in [1.82, 2.24) is 20.1 Å². The number of halogens is 1. The number of rotatable bonds is 4. The molecule has 0 atom stereocenters. The first kappa shape index (κ1) is 21.3. The van der Waals surface area contributed by atoms with Crippen LogP contribution in [0.4, 0.5) is 5.69 Å². The number of H-pyrrole nitrogens is 1. The smallest absolute Gasteiger partial charge is 0.198 e. The van der Waals surface area contributed by atoms with Crippen LogP contribution in [0.5, 0.6) is 0 Å². The number of nitrogens with one attached hydrogen (secondary N) is 2. The van der Waals surface area contributed by atoms with Gasteiger partial charge in [-0.1, -0.05) is 36.4 Å². The van der Waals surface area contributed by atoms with Crippen LogP contribution in [-0.2, 0) is 6.54 Å². The molecule has 0 unspecified atom stereocenters. The Balaban J connectivity index is 0.00000240. The molecule has 2 N–H and O–H groups in total. The molecule has 0 spiro atoms. The van der Waals surface area contributed by atoms with E-state index in [-0.39, 0.29) is 24.0 Å². The molecule has 7 heteroatoms. The Bertz CT molecular complexity index is 931. The summed E-state index contributed by atoms with van der Waals surface area (Å²) in [6.45, 7) is 4.62. The molecule has 1 saturated heterocycles. The number of aryl methyl sites for hydroxylation is 1. The van der Waals surface area contributed by atoms with E-state index in [1.807, 2.05) is 37.3 Å². The molecule has 4 rings (SSSR count). The van der Waals surface area contributed by atoms with Crippen LogP contribution >= 0.6 is 24.0 Å². The van der Waals surface area contributed by atoms with Crippen molar-refractivity contribution in [3.63, 3.8) is 0 Å². The zero-order valence-electron chi connectivity index (χ0n) is 16.6. The molecule has 1 aromatic heterocycles. The summed E-state index contributed by atoms with van der Waals surface area (Å²) < 4.78 is 0. The van der Waals surface area contributed by atoms with Gasteiger partial charge in [0.25, 0.3) is 0 Å². The quantitative estimate of drug-likeness (QED) is 0.304. The summed E-state index contributed by atoms with van der Waals surface area (Å²) in [6.07, 6.45) is 3.73. The molecule has 29 heavy (non-hydrogen) atoms. The van der Waals surface area contributed by atoms with Gasteiger partial charge in [-0.05, 0) is 49.9 Å². The van der Waals surface area contributed by atoms with Crippen LogP contribution in [0.3, 0.4) is 0 Å². The van der Waals surface area contributed by atoms with Crippen molar-refractivity contribution in [3.05, 3.63) is 66.0 Å². The van der Waals surface area contributed by atoms with Crippen LogP contribution in [0.2, 0.25) is 0 Å². The molecule has 1 aliphatic heterocycles. The number of hydrogen-bond donors (Lipinski definition) is 2. The van der Waals surface area contributed by atoms with E-state index >= 15 is 0 Å². The maximum absolute atomic E-state index is 4.94. The Labute approximate surface area is 188 Å². The SMILES string of the molecule is Cc1nc(-c2cccc(CN=C(Nc3ccccc3)N3CCCCC3)c2)n[nH]1.I. The number of likely N-dealkylation sites (tertiary alicyclic amines) is 1. The fraction of sp³-hybridized carbons (Fsp3) is 0.318. The number of anilines is 1. The van der Waals surface area contributed by atoms with Gasteiger partial charge in [-0.15, -0.1) is 24.0 Å². The molecular weight excluding hydrogens is 475 g/mol. The largest absolute Gasteiger partial charge is 0.343 e. The zero-order valence-corrected chi connectivity index (χ0v) is 19.0. The van der Waals surface area contributed by atoms with Crippen molar-refractivity contribution in [3.8, 4) is 11.4 Å². The van der Waals surface area contributed by atoms with E-state index in [1.54, 1.807) is 0 Å². The predicted molar refractivity (Wildman–Crippen MR) is 129 cm³/mol. The summed E-state index contributed by atoms with van der Waals surface area (Å²) in [4.78, 5) is 11.7. The number of para-hydroxylation sites is 1. The normalized spacial score (nSPS) is 14.4. The minimum atomic E-state index is 0. The summed E-state index contributed by atoms with van der Waals surface area (Å²) in [5.41, 5.74) is 3.22. The highest BCUT2D eigenvalue weighted by Gasteiger charge is 2.15. The van der Waals surface area contributed by atoms with E-state index in [9.17, 15) is 0 Å². The van der Waals surface area contributed by atoms with Crippen molar-refractivity contribution in [2.75, 3.05) is 18.4 Å². The third kappa shape index (κ3) is 5.79. The topological polar surface area (TPSA) is 69.2 Å². The Hall–Kier alpha value is -2.42. The predicted octanol–water partition coefficient (Wildman–Crippen LogP) is 4.85. The van der Waals surface area contributed by atoms with Crippen molar-refractivity contribution >= 4 is 35.6 Å². The van der Waals surface area contributed by atoms with E-state index in [4.69, 9.17) is 4.99 Å². The number of benzene rings is 2. The molecule has 0 saturated carbocycles. The van der Waals surface area contributed by atoms with Gasteiger partial charge in [0, 0.05) is 24.3 Å². The fourth-order valence-electron chi connectivity index (χ4n) is 3.42. The number of aromatic nitrogens is 3. The van der Waals surface area contributed by atoms with Gasteiger partial charge in [0.2, 0.25) is 0 Å². The monoisotopic (exact) mass is 502 g/mol. The third-order valence-electron chi connectivity index (χ3n) is 4.88. The minimum absolute atomic E-state index is 0.